The second-order valence-electron chi connectivity index (χ2n) is 9.32. The average Bonchev–Trinajstić information content (AvgIpc) is 3.55. The van der Waals surface area contributed by atoms with Crippen molar-refractivity contribution in [2.75, 3.05) is 19.6 Å². The molecule has 4 rings (SSSR count). The number of rotatable bonds is 5. The van der Waals surface area contributed by atoms with E-state index < -0.39 is 5.60 Å². The molecular formula is C22H34N4O3. The molecule has 7 heteroatoms. The van der Waals surface area contributed by atoms with Crippen molar-refractivity contribution in [3.8, 4) is 0 Å². The van der Waals surface area contributed by atoms with Crippen LogP contribution in [-0.2, 0) is 4.79 Å². The minimum absolute atomic E-state index is 0.00269. The smallest absolute Gasteiger partial charge is 0.267 e. The van der Waals surface area contributed by atoms with Crippen molar-refractivity contribution in [2.45, 2.75) is 88.3 Å². The van der Waals surface area contributed by atoms with Gasteiger partial charge in [-0.2, -0.15) is 5.10 Å². The van der Waals surface area contributed by atoms with Gasteiger partial charge in [0.15, 0.2) is 0 Å². The van der Waals surface area contributed by atoms with Crippen LogP contribution in [0.2, 0.25) is 0 Å². The third-order valence-corrected chi connectivity index (χ3v) is 6.85. The number of hydrogen-bond donors (Lipinski definition) is 2. The second kappa shape index (κ2) is 8.56. The molecule has 0 aromatic carbocycles. The predicted octanol–water partition coefficient (Wildman–Crippen LogP) is 1.96. The molecule has 2 saturated carbocycles. The zero-order chi connectivity index (χ0) is 20.4. The Bertz CT molecular complexity index is 783. The summed E-state index contributed by atoms with van der Waals surface area (Å²) < 4.78 is 1.72. The average molecular weight is 403 g/mol. The molecule has 1 unspecified atom stereocenters. The Labute approximate surface area is 172 Å². The molecule has 2 aliphatic carbocycles. The molecule has 2 N–H and O–H groups in total. The summed E-state index contributed by atoms with van der Waals surface area (Å²) in [5.41, 5.74) is 0.217. The van der Waals surface area contributed by atoms with E-state index in [1.54, 1.807) is 22.6 Å². The van der Waals surface area contributed by atoms with E-state index in [9.17, 15) is 14.7 Å². The van der Waals surface area contributed by atoms with Crippen LogP contribution in [0, 0.1) is 0 Å². The van der Waals surface area contributed by atoms with Crippen molar-refractivity contribution in [3.05, 3.63) is 28.2 Å². The quantitative estimate of drug-likeness (QED) is 0.786. The highest BCUT2D eigenvalue weighted by Crippen LogP contribution is 2.38. The Morgan fingerprint density at radius 3 is 2.66 bits per heavy atom. The van der Waals surface area contributed by atoms with Gasteiger partial charge in [0.05, 0.1) is 23.9 Å². The van der Waals surface area contributed by atoms with Crippen LogP contribution in [0.3, 0.4) is 0 Å². The van der Waals surface area contributed by atoms with Gasteiger partial charge in [0.1, 0.15) is 0 Å². The highest BCUT2D eigenvalue weighted by Gasteiger charge is 2.34. The van der Waals surface area contributed by atoms with E-state index >= 15 is 0 Å². The fourth-order valence-electron chi connectivity index (χ4n) is 4.84. The Balaban J connectivity index is 1.30. The summed E-state index contributed by atoms with van der Waals surface area (Å²) in [6.45, 7) is 3.25. The molecule has 1 amide bonds. The van der Waals surface area contributed by atoms with Gasteiger partial charge in [-0.25, -0.2) is 4.68 Å². The summed E-state index contributed by atoms with van der Waals surface area (Å²) >= 11 is 0. The van der Waals surface area contributed by atoms with E-state index in [0.717, 1.165) is 57.2 Å². The van der Waals surface area contributed by atoms with E-state index in [0.29, 0.717) is 25.0 Å². The van der Waals surface area contributed by atoms with Crippen LogP contribution in [0.15, 0.2) is 16.9 Å². The normalized spacial score (nSPS) is 30.8. The van der Waals surface area contributed by atoms with Gasteiger partial charge < -0.3 is 15.3 Å². The lowest BCUT2D eigenvalue weighted by molar-refractivity contribution is -0.131. The van der Waals surface area contributed by atoms with Crippen LogP contribution < -0.4 is 10.9 Å². The maximum Gasteiger partial charge on any atom is 0.267 e. The lowest BCUT2D eigenvalue weighted by Gasteiger charge is -2.35. The zero-order valence-electron chi connectivity index (χ0n) is 17.5. The molecule has 1 saturated heterocycles. The Kier molecular flexibility index (Phi) is 6.06. The molecule has 3 fully saturated rings. The number of carbonyl (C=O) groups excluding carboxylic acids is 1. The van der Waals surface area contributed by atoms with Gasteiger partial charge in [-0.3, -0.25) is 9.59 Å². The molecule has 0 spiro atoms. The number of β-amino-alcohol motifs (C(OH)–C–C–N with tert-alkyl or cyclic N) is 1. The molecule has 29 heavy (non-hydrogen) atoms. The molecule has 2 heterocycles. The standard InChI is InChI=1S/C22H34N4O3/c1-16(27)25-13-3-2-12-22(29,15-25)14-23-18-6-8-19(9-7-18)26-21(28)11-10-20(24-26)17-4-5-17/h10-11,17-19,23,29H,2-9,12-15H2,1H3. The van der Waals surface area contributed by atoms with Gasteiger partial charge in [0.25, 0.3) is 5.56 Å². The fraction of sp³-hybridized carbons (Fsp3) is 0.773. The molecule has 1 aromatic rings. The van der Waals surface area contributed by atoms with Gasteiger partial charge in [0, 0.05) is 38.0 Å². The van der Waals surface area contributed by atoms with E-state index in [1.807, 2.05) is 6.07 Å². The van der Waals surface area contributed by atoms with Crippen molar-refractivity contribution in [1.82, 2.24) is 20.0 Å². The van der Waals surface area contributed by atoms with Crippen molar-refractivity contribution >= 4 is 5.91 Å². The van der Waals surface area contributed by atoms with Crippen molar-refractivity contribution in [2.24, 2.45) is 0 Å². The van der Waals surface area contributed by atoms with Crippen molar-refractivity contribution in [3.63, 3.8) is 0 Å². The van der Waals surface area contributed by atoms with Gasteiger partial charge >= 0.3 is 0 Å². The summed E-state index contributed by atoms with van der Waals surface area (Å²) in [5.74, 6) is 0.590. The molecule has 160 valence electrons. The first-order chi connectivity index (χ1) is 13.9. The van der Waals surface area contributed by atoms with Gasteiger partial charge in [-0.05, 0) is 63.9 Å². The SMILES string of the molecule is CC(=O)N1CCCCC(O)(CNC2CCC(n3nc(C4CC4)ccc3=O)CC2)C1. The molecule has 0 radical (unpaired) electrons. The van der Waals surface area contributed by atoms with Gasteiger partial charge in [-0.1, -0.05) is 0 Å². The van der Waals surface area contributed by atoms with E-state index in [4.69, 9.17) is 0 Å². The predicted molar refractivity (Wildman–Crippen MR) is 111 cm³/mol. The van der Waals surface area contributed by atoms with Gasteiger partial charge in [0.2, 0.25) is 5.91 Å². The zero-order valence-corrected chi connectivity index (χ0v) is 17.5. The second-order valence-corrected chi connectivity index (χ2v) is 9.32. The Hall–Kier alpha value is -1.73. The summed E-state index contributed by atoms with van der Waals surface area (Å²) in [6, 6.07) is 4.08. The van der Waals surface area contributed by atoms with Crippen LogP contribution in [0.25, 0.3) is 0 Å². The molecular weight excluding hydrogens is 368 g/mol. The largest absolute Gasteiger partial charge is 0.387 e. The number of amides is 1. The van der Waals surface area contributed by atoms with Crippen molar-refractivity contribution in [1.29, 1.82) is 0 Å². The minimum atomic E-state index is -0.851. The maximum absolute atomic E-state index is 12.3. The number of nitrogens with zero attached hydrogens (tertiary/aromatic N) is 3. The van der Waals surface area contributed by atoms with Crippen LogP contribution in [0.4, 0.5) is 0 Å². The summed E-state index contributed by atoms with van der Waals surface area (Å²) in [6.07, 6.45) is 8.80. The van der Waals surface area contributed by atoms with E-state index in [1.165, 1.54) is 12.8 Å². The summed E-state index contributed by atoms with van der Waals surface area (Å²) in [5, 5.41) is 19.2. The molecule has 0 bridgehead atoms. The van der Waals surface area contributed by atoms with Crippen LogP contribution in [0.5, 0.6) is 0 Å². The highest BCUT2D eigenvalue weighted by atomic mass is 16.3. The number of carbonyl (C=O) groups is 1. The van der Waals surface area contributed by atoms with Crippen LogP contribution in [0.1, 0.15) is 82.4 Å². The van der Waals surface area contributed by atoms with E-state index in [2.05, 4.69) is 10.4 Å². The third kappa shape index (κ3) is 5.07. The lowest BCUT2D eigenvalue weighted by atomic mass is 9.90. The lowest BCUT2D eigenvalue weighted by Crippen LogP contribution is -2.52. The topological polar surface area (TPSA) is 87.5 Å². The van der Waals surface area contributed by atoms with Crippen LogP contribution in [-0.4, -0.2) is 57.0 Å². The third-order valence-electron chi connectivity index (χ3n) is 6.85. The number of nitrogens with one attached hydrogen (secondary N) is 1. The maximum atomic E-state index is 12.3. The first-order valence-corrected chi connectivity index (χ1v) is 11.2. The molecule has 1 atom stereocenters. The number of likely N-dealkylation sites (tertiary alicyclic amines) is 1. The first kappa shape index (κ1) is 20.5. The first-order valence-electron chi connectivity index (χ1n) is 11.2. The molecule has 7 nitrogen and oxygen atoms in total. The number of aromatic nitrogens is 2. The number of hydrogen-bond acceptors (Lipinski definition) is 5. The monoisotopic (exact) mass is 402 g/mol. The summed E-state index contributed by atoms with van der Waals surface area (Å²) in [7, 11) is 0. The van der Waals surface area contributed by atoms with E-state index in [-0.39, 0.29) is 17.5 Å². The van der Waals surface area contributed by atoms with Crippen molar-refractivity contribution < 1.29 is 9.90 Å². The van der Waals surface area contributed by atoms with Crippen LogP contribution >= 0.6 is 0 Å². The number of aliphatic hydroxyl groups is 1. The van der Waals surface area contributed by atoms with Gasteiger partial charge in [-0.15, -0.1) is 0 Å². The fourth-order valence-corrected chi connectivity index (χ4v) is 4.84. The Morgan fingerprint density at radius 1 is 1.21 bits per heavy atom. The Morgan fingerprint density at radius 2 is 1.97 bits per heavy atom. The molecule has 3 aliphatic rings. The minimum Gasteiger partial charge on any atom is -0.387 e. The molecule has 1 aromatic heterocycles. The molecule has 1 aliphatic heterocycles. The highest BCUT2D eigenvalue weighted by molar-refractivity contribution is 5.73. The summed E-state index contributed by atoms with van der Waals surface area (Å²) in [4.78, 5) is 25.9.